The Morgan fingerprint density at radius 1 is 1.03 bits per heavy atom. The number of methoxy groups -OCH3 is 1. The van der Waals surface area contributed by atoms with Gasteiger partial charge in [-0.25, -0.2) is 4.79 Å². The number of ether oxygens (including phenoxy) is 1. The zero-order valence-electron chi connectivity index (χ0n) is 18.0. The maximum atomic E-state index is 13.1. The first-order chi connectivity index (χ1) is 15.4. The summed E-state index contributed by atoms with van der Waals surface area (Å²) < 4.78 is 5.45. The largest absolute Gasteiger partial charge is 0.478 e. The number of hydrogen-bond donors (Lipinski definition) is 1. The van der Waals surface area contributed by atoms with Crippen molar-refractivity contribution in [3.05, 3.63) is 57.6 Å². The monoisotopic (exact) mass is 475 g/mol. The molecule has 2 aromatic rings. The SMILES string of the molecule is CO[C@H]1CC[C@H](N2CC[C@@H](Cc3c(Cl)cc(-c4ccc(C(=O)O)cc4)cc3Cl)C2=O)CC1. The van der Waals surface area contributed by atoms with Gasteiger partial charge in [-0.3, -0.25) is 4.79 Å². The van der Waals surface area contributed by atoms with Crippen LogP contribution in [0.1, 0.15) is 48.0 Å². The lowest BCUT2D eigenvalue weighted by molar-refractivity contribution is -0.134. The Bertz CT molecular complexity index is 976. The van der Waals surface area contributed by atoms with E-state index in [-0.39, 0.29) is 17.4 Å². The number of aromatic carboxylic acids is 1. The fourth-order valence-corrected chi connectivity index (χ4v) is 5.57. The molecule has 1 aliphatic heterocycles. The van der Waals surface area contributed by atoms with Crippen molar-refractivity contribution >= 4 is 35.1 Å². The zero-order chi connectivity index (χ0) is 22.8. The highest BCUT2D eigenvalue weighted by Gasteiger charge is 2.37. The second kappa shape index (κ2) is 9.82. The highest BCUT2D eigenvalue weighted by molar-refractivity contribution is 6.36. The summed E-state index contributed by atoms with van der Waals surface area (Å²) in [5.41, 5.74) is 2.67. The van der Waals surface area contributed by atoms with Crippen LogP contribution in [0, 0.1) is 5.92 Å². The Labute approximate surface area is 198 Å². The Morgan fingerprint density at radius 2 is 1.66 bits per heavy atom. The van der Waals surface area contributed by atoms with Gasteiger partial charge in [0.2, 0.25) is 5.91 Å². The van der Waals surface area contributed by atoms with Crippen LogP contribution in [0.4, 0.5) is 0 Å². The third-order valence-corrected chi connectivity index (χ3v) is 7.50. The molecule has 1 atom stereocenters. The number of benzene rings is 2. The lowest BCUT2D eigenvalue weighted by Crippen LogP contribution is -2.41. The Morgan fingerprint density at radius 3 is 2.22 bits per heavy atom. The van der Waals surface area contributed by atoms with Crippen LogP contribution in [0.3, 0.4) is 0 Å². The first-order valence-corrected chi connectivity index (χ1v) is 11.8. The van der Waals surface area contributed by atoms with Gasteiger partial charge in [0.05, 0.1) is 11.7 Å². The first-order valence-electron chi connectivity index (χ1n) is 11.0. The van der Waals surface area contributed by atoms with Gasteiger partial charge in [0.1, 0.15) is 0 Å². The number of carboxylic acid groups (broad SMARTS) is 1. The Kier molecular flexibility index (Phi) is 7.08. The fourth-order valence-electron chi connectivity index (χ4n) is 4.92. The number of halogens is 2. The van der Waals surface area contributed by atoms with Gasteiger partial charge < -0.3 is 14.7 Å². The molecule has 7 heteroatoms. The topological polar surface area (TPSA) is 66.8 Å². The van der Waals surface area contributed by atoms with Gasteiger partial charge in [0.25, 0.3) is 0 Å². The number of carboxylic acids is 1. The molecule has 170 valence electrons. The summed E-state index contributed by atoms with van der Waals surface area (Å²) in [6.07, 6.45) is 5.65. The summed E-state index contributed by atoms with van der Waals surface area (Å²) in [6, 6.07) is 10.6. The number of carbonyl (C=O) groups is 2. The molecule has 1 saturated carbocycles. The minimum Gasteiger partial charge on any atom is -0.478 e. The standard InChI is InChI=1S/C25H27Cl2NO4/c1-32-20-8-6-19(7-9-20)28-11-10-17(24(28)29)12-21-22(26)13-18(14-23(21)27)15-2-4-16(5-3-15)25(30)31/h2-5,13-14,17,19-20H,6-12H2,1H3,(H,30,31)/t17-,19-,20-/m0/s1. The van der Waals surface area contributed by atoms with Crippen LogP contribution in [0.5, 0.6) is 0 Å². The average Bonchev–Trinajstić information content (AvgIpc) is 3.16. The summed E-state index contributed by atoms with van der Waals surface area (Å²) in [6.45, 7) is 0.787. The van der Waals surface area contributed by atoms with E-state index >= 15 is 0 Å². The summed E-state index contributed by atoms with van der Waals surface area (Å²) >= 11 is 13.2. The van der Waals surface area contributed by atoms with E-state index in [0.717, 1.165) is 55.3 Å². The van der Waals surface area contributed by atoms with E-state index in [4.69, 9.17) is 33.0 Å². The van der Waals surface area contributed by atoms with Crippen LogP contribution in [0.25, 0.3) is 11.1 Å². The normalized spacial score (nSPS) is 23.5. The molecule has 2 fully saturated rings. The van der Waals surface area contributed by atoms with Gasteiger partial charge >= 0.3 is 5.97 Å². The molecule has 1 heterocycles. The molecule has 32 heavy (non-hydrogen) atoms. The predicted octanol–water partition coefficient (Wildman–Crippen LogP) is 5.71. The van der Waals surface area contributed by atoms with Crippen molar-refractivity contribution in [2.75, 3.05) is 13.7 Å². The number of carbonyl (C=O) groups excluding carboxylic acids is 1. The minimum absolute atomic E-state index is 0.106. The molecule has 1 aliphatic carbocycles. The van der Waals surface area contributed by atoms with Gasteiger partial charge in [0.15, 0.2) is 0 Å². The highest BCUT2D eigenvalue weighted by Crippen LogP contribution is 2.36. The molecule has 0 unspecified atom stereocenters. The Balaban J connectivity index is 1.45. The van der Waals surface area contributed by atoms with E-state index in [0.29, 0.717) is 28.6 Å². The Hall–Kier alpha value is -2.08. The van der Waals surface area contributed by atoms with Gasteiger partial charge in [0, 0.05) is 35.7 Å². The average molecular weight is 476 g/mol. The number of hydrogen-bond acceptors (Lipinski definition) is 3. The lowest BCUT2D eigenvalue weighted by Gasteiger charge is -2.34. The molecule has 5 nitrogen and oxygen atoms in total. The summed E-state index contributed by atoms with van der Waals surface area (Å²) in [5, 5.41) is 10.1. The molecule has 0 aromatic heterocycles. The van der Waals surface area contributed by atoms with Crippen LogP contribution in [-0.2, 0) is 16.0 Å². The maximum Gasteiger partial charge on any atom is 0.335 e. The van der Waals surface area contributed by atoms with Gasteiger partial charge in [-0.05, 0) is 79.5 Å². The van der Waals surface area contributed by atoms with Crippen LogP contribution < -0.4 is 0 Å². The van der Waals surface area contributed by atoms with Crippen molar-refractivity contribution in [1.82, 2.24) is 4.90 Å². The van der Waals surface area contributed by atoms with E-state index in [9.17, 15) is 9.59 Å². The third kappa shape index (κ3) is 4.80. The molecule has 4 rings (SSSR count). The second-order valence-electron chi connectivity index (χ2n) is 8.69. The minimum atomic E-state index is -0.968. The smallest absolute Gasteiger partial charge is 0.335 e. The summed E-state index contributed by atoms with van der Waals surface area (Å²) in [7, 11) is 1.76. The lowest BCUT2D eigenvalue weighted by atomic mass is 9.91. The molecule has 0 radical (unpaired) electrons. The number of nitrogens with zero attached hydrogens (tertiary/aromatic N) is 1. The van der Waals surface area contributed by atoms with Gasteiger partial charge in [-0.2, -0.15) is 0 Å². The first kappa shape index (κ1) is 23.1. The maximum absolute atomic E-state index is 13.1. The van der Waals surface area contributed by atoms with Crippen molar-refractivity contribution in [2.24, 2.45) is 5.92 Å². The molecule has 0 bridgehead atoms. The number of amides is 1. The molecular formula is C25H27Cl2NO4. The molecule has 1 amide bonds. The molecule has 2 aromatic carbocycles. The molecule has 2 aliphatic rings. The molecular weight excluding hydrogens is 449 g/mol. The number of rotatable bonds is 6. The van der Waals surface area contributed by atoms with E-state index in [1.807, 2.05) is 12.1 Å². The van der Waals surface area contributed by atoms with Crippen LogP contribution in [0.2, 0.25) is 10.0 Å². The second-order valence-corrected chi connectivity index (χ2v) is 9.50. The van der Waals surface area contributed by atoms with Gasteiger partial charge in [-0.1, -0.05) is 35.3 Å². The third-order valence-electron chi connectivity index (χ3n) is 6.83. The van der Waals surface area contributed by atoms with Crippen LogP contribution in [-0.4, -0.2) is 47.7 Å². The molecule has 1 saturated heterocycles. The fraction of sp³-hybridized carbons (Fsp3) is 0.440. The predicted molar refractivity (Wildman–Crippen MR) is 125 cm³/mol. The van der Waals surface area contributed by atoms with Crippen molar-refractivity contribution in [3.63, 3.8) is 0 Å². The highest BCUT2D eigenvalue weighted by atomic mass is 35.5. The van der Waals surface area contributed by atoms with Crippen LogP contribution in [0.15, 0.2) is 36.4 Å². The van der Waals surface area contributed by atoms with Crippen molar-refractivity contribution in [1.29, 1.82) is 0 Å². The van der Waals surface area contributed by atoms with E-state index in [2.05, 4.69) is 4.90 Å². The van der Waals surface area contributed by atoms with Crippen molar-refractivity contribution in [3.8, 4) is 11.1 Å². The summed E-state index contributed by atoms with van der Waals surface area (Å²) in [4.78, 5) is 26.2. The molecule has 0 spiro atoms. The van der Waals surface area contributed by atoms with E-state index in [1.165, 1.54) is 0 Å². The van der Waals surface area contributed by atoms with E-state index in [1.54, 1.807) is 31.4 Å². The van der Waals surface area contributed by atoms with Crippen LogP contribution >= 0.6 is 23.2 Å². The zero-order valence-corrected chi connectivity index (χ0v) is 19.5. The quantitative estimate of drug-likeness (QED) is 0.580. The van der Waals surface area contributed by atoms with Crippen molar-refractivity contribution < 1.29 is 19.4 Å². The number of likely N-dealkylation sites (tertiary alicyclic amines) is 1. The van der Waals surface area contributed by atoms with Crippen molar-refractivity contribution in [2.45, 2.75) is 50.7 Å². The van der Waals surface area contributed by atoms with E-state index < -0.39 is 5.97 Å². The summed E-state index contributed by atoms with van der Waals surface area (Å²) in [5.74, 6) is -0.873. The molecule has 1 N–H and O–H groups in total. The van der Waals surface area contributed by atoms with Gasteiger partial charge in [-0.15, -0.1) is 0 Å².